The van der Waals surface area contributed by atoms with E-state index in [2.05, 4.69) is 11.4 Å². The fourth-order valence-corrected chi connectivity index (χ4v) is 4.66. The number of ether oxygens (including phenoxy) is 1. The molecule has 0 bridgehead atoms. The van der Waals surface area contributed by atoms with Crippen molar-refractivity contribution < 1.29 is 17.9 Å². The first kappa shape index (κ1) is 23.1. The molecule has 3 aromatic carbocycles. The van der Waals surface area contributed by atoms with Gasteiger partial charge in [-0.15, -0.1) is 0 Å². The van der Waals surface area contributed by atoms with Crippen molar-refractivity contribution in [3.63, 3.8) is 0 Å². The van der Waals surface area contributed by atoms with Crippen molar-refractivity contribution in [2.75, 3.05) is 23.3 Å². The molecule has 0 fully saturated rings. The summed E-state index contributed by atoms with van der Waals surface area (Å²) in [5.41, 5.74) is 1.52. The Hall–Kier alpha value is -3.54. The monoisotopic (exact) mass is 469 g/mol. The summed E-state index contributed by atoms with van der Waals surface area (Å²) in [6.07, 6.45) is 0.259. The van der Waals surface area contributed by atoms with Crippen LogP contribution in [0.15, 0.2) is 77.7 Å². The Labute approximate surface area is 191 Å². The number of benzene rings is 3. The molecule has 7 nitrogen and oxygen atoms in total. The van der Waals surface area contributed by atoms with Crippen molar-refractivity contribution in [3.8, 4) is 11.8 Å². The maximum atomic E-state index is 13.3. The molecule has 0 heterocycles. The maximum Gasteiger partial charge on any atom is 0.264 e. The summed E-state index contributed by atoms with van der Waals surface area (Å²) in [7, 11) is -2.60. The molecular formula is C23H20ClN3O4S. The average molecular weight is 470 g/mol. The third-order valence-electron chi connectivity index (χ3n) is 4.56. The van der Waals surface area contributed by atoms with Crippen LogP contribution in [0.4, 0.5) is 11.4 Å². The second-order valence-corrected chi connectivity index (χ2v) is 8.99. The van der Waals surface area contributed by atoms with Crippen LogP contribution in [-0.2, 0) is 21.2 Å². The normalized spacial score (nSPS) is 10.8. The average Bonchev–Trinajstić information content (AvgIpc) is 2.79. The fraction of sp³-hybridized carbons (Fsp3) is 0.130. The van der Waals surface area contributed by atoms with Crippen molar-refractivity contribution in [1.29, 1.82) is 5.26 Å². The van der Waals surface area contributed by atoms with Gasteiger partial charge in [-0.3, -0.25) is 9.10 Å². The summed E-state index contributed by atoms with van der Waals surface area (Å²) >= 11 is 6.21. The van der Waals surface area contributed by atoms with Gasteiger partial charge in [0.1, 0.15) is 12.3 Å². The van der Waals surface area contributed by atoms with Crippen LogP contribution in [0.1, 0.15) is 5.56 Å². The lowest BCUT2D eigenvalue weighted by Gasteiger charge is -2.24. The van der Waals surface area contributed by atoms with E-state index in [0.29, 0.717) is 11.4 Å². The minimum Gasteiger partial charge on any atom is -0.495 e. The third-order valence-corrected chi connectivity index (χ3v) is 6.65. The highest BCUT2D eigenvalue weighted by Crippen LogP contribution is 2.32. The van der Waals surface area contributed by atoms with Crippen molar-refractivity contribution in [2.24, 2.45) is 0 Å². The topological polar surface area (TPSA) is 99.5 Å². The molecule has 0 atom stereocenters. The van der Waals surface area contributed by atoms with Gasteiger partial charge in [0.05, 0.1) is 35.2 Å². The molecule has 32 heavy (non-hydrogen) atoms. The number of carbonyl (C=O) groups excluding carboxylic acids is 1. The van der Waals surface area contributed by atoms with Crippen LogP contribution in [0.2, 0.25) is 5.02 Å². The molecule has 1 N–H and O–H groups in total. The number of nitrogens with zero attached hydrogens (tertiary/aromatic N) is 2. The summed E-state index contributed by atoms with van der Waals surface area (Å²) in [6, 6.07) is 21.1. The van der Waals surface area contributed by atoms with Gasteiger partial charge in [0.25, 0.3) is 10.0 Å². The van der Waals surface area contributed by atoms with E-state index >= 15 is 0 Å². The molecule has 3 aromatic rings. The standard InChI is InChI=1S/C23H20ClN3O4S/c1-31-22-12-11-19(15-21(22)24)27(32(29,30)20-5-3-2-4-6-20)16-23(28)26-18-9-7-17(8-10-18)13-14-25/h2-12,15H,13,16H2,1H3,(H,26,28). The number of halogens is 1. The molecule has 3 rings (SSSR count). The summed E-state index contributed by atoms with van der Waals surface area (Å²) in [5, 5.41) is 11.7. The quantitative estimate of drug-likeness (QED) is 0.531. The molecule has 0 spiro atoms. The Morgan fingerprint density at radius 1 is 1.09 bits per heavy atom. The largest absolute Gasteiger partial charge is 0.495 e. The summed E-state index contributed by atoms with van der Waals surface area (Å²) in [4.78, 5) is 12.8. The molecule has 0 aliphatic carbocycles. The second kappa shape index (κ2) is 10.2. The number of rotatable bonds is 8. The van der Waals surface area contributed by atoms with Crippen LogP contribution in [0.25, 0.3) is 0 Å². The molecular weight excluding hydrogens is 450 g/mol. The number of methoxy groups -OCH3 is 1. The predicted molar refractivity (Wildman–Crippen MR) is 123 cm³/mol. The number of nitriles is 1. The van der Waals surface area contributed by atoms with Gasteiger partial charge < -0.3 is 10.1 Å². The van der Waals surface area contributed by atoms with Gasteiger partial charge in [0.15, 0.2) is 0 Å². The van der Waals surface area contributed by atoms with Gasteiger partial charge in [0, 0.05) is 5.69 Å². The van der Waals surface area contributed by atoms with Gasteiger partial charge in [-0.1, -0.05) is 41.9 Å². The van der Waals surface area contributed by atoms with E-state index in [-0.39, 0.29) is 22.0 Å². The van der Waals surface area contributed by atoms with E-state index in [1.807, 2.05) is 0 Å². The molecule has 0 radical (unpaired) electrons. The number of hydrogen-bond acceptors (Lipinski definition) is 5. The summed E-state index contributed by atoms with van der Waals surface area (Å²) < 4.78 is 32.8. The first-order valence-electron chi connectivity index (χ1n) is 9.52. The van der Waals surface area contributed by atoms with Crippen LogP contribution < -0.4 is 14.4 Å². The number of nitrogens with one attached hydrogen (secondary N) is 1. The third kappa shape index (κ3) is 5.38. The van der Waals surface area contributed by atoms with Gasteiger partial charge in [-0.25, -0.2) is 8.42 Å². The lowest BCUT2D eigenvalue weighted by molar-refractivity contribution is -0.114. The SMILES string of the molecule is COc1ccc(N(CC(=O)Nc2ccc(CC#N)cc2)S(=O)(=O)c2ccccc2)cc1Cl. The number of carbonyl (C=O) groups is 1. The van der Waals surface area contributed by atoms with Crippen LogP contribution in [-0.4, -0.2) is 28.0 Å². The zero-order valence-corrected chi connectivity index (χ0v) is 18.7. The van der Waals surface area contributed by atoms with E-state index in [0.717, 1.165) is 9.87 Å². The minimum absolute atomic E-state index is 0.0422. The molecule has 164 valence electrons. The van der Waals surface area contributed by atoms with E-state index in [9.17, 15) is 13.2 Å². The van der Waals surface area contributed by atoms with E-state index in [4.69, 9.17) is 21.6 Å². The molecule has 0 saturated heterocycles. The van der Waals surface area contributed by atoms with Crippen molar-refractivity contribution in [1.82, 2.24) is 0 Å². The second-order valence-electron chi connectivity index (χ2n) is 6.72. The van der Waals surface area contributed by atoms with E-state index < -0.39 is 22.5 Å². The lowest BCUT2D eigenvalue weighted by Crippen LogP contribution is -2.38. The fourth-order valence-electron chi connectivity index (χ4n) is 2.97. The summed E-state index contributed by atoms with van der Waals surface area (Å²) in [6.45, 7) is -0.472. The Balaban J connectivity index is 1.91. The number of hydrogen-bond donors (Lipinski definition) is 1. The van der Waals surface area contributed by atoms with Crippen LogP contribution >= 0.6 is 11.6 Å². The Kier molecular flexibility index (Phi) is 7.36. The number of amides is 1. The molecule has 0 aliphatic heterocycles. The Morgan fingerprint density at radius 3 is 2.38 bits per heavy atom. The van der Waals surface area contributed by atoms with Gasteiger partial charge in [-0.2, -0.15) is 5.26 Å². The molecule has 0 aromatic heterocycles. The highest BCUT2D eigenvalue weighted by molar-refractivity contribution is 7.92. The Bertz CT molecular complexity index is 1240. The molecule has 9 heteroatoms. The van der Waals surface area contributed by atoms with E-state index in [1.165, 1.54) is 37.4 Å². The number of sulfonamides is 1. The van der Waals surface area contributed by atoms with Crippen LogP contribution in [0.5, 0.6) is 5.75 Å². The zero-order chi connectivity index (χ0) is 23.1. The lowest BCUT2D eigenvalue weighted by atomic mass is 10.1. The van der Waals surface area contributed by atoms with Gasteiger partial charge >= 0.3 is 0 Å². The minimum atomic E-state index is -4.05. The van der Waals surface area contributed by atoms with Crippen LogP contribution in [0, 0.1) is 11.3 Å². The first-order chi connectivity index (χ1) is 15.3. The van der Waals surface area contributed by atoms with Gasteiger partial charge in [0.2, 0.25) is 5.91 Å². The highest BCUT2D eigenvalue weighted by atomic mass is 35.5. The smallest absolute Gasteiger partial charge is 0.264 e. The van der Waals surface area contributed by atoms with Crippen molar-refractivity contribution in [3.05, 3.63) is 83.4 Å². The molecule has 1 amide bonds. The summed E-state index contributed by atoms with van der Waals surface area (Å²) in [5.74, 6) is -0.154. The van der Waals surface area contributed by atoms with Crippen molar-refractivity contribution in [2.45, 2.75) is 11.3 Å². The predicted octanol–water partition coefficient (Wildman–Crippen LogP) is 4.25. The zero-order valence-electron chi connectivity index (χ0n) is 17.2. The van der Waals surface area contributed by atoms with Crippen LogP contribution in [0.3, 0.4) is 0 Å². The number of anilines is 2. The molecule has 0 unspecified atom stereocenters. The van der Waals surface area contributed by atoms with Crippen molar-refractivity contribution >= 4 is 38.9 Å². The Morgan fingerprint density at radius 2 is 1.78 bits per heavy atom. The first-order valence-corrected chi connectivity index (χ1v) is 11.3. The highest BCUT2D eigenvalue weighted by Gasteiger charge is 2.27. The molecule has 0 saturated carbocycles. The maximum absolute atomic E-state index is 13.3. The van der Waals surface area contributed by atoms with Gasteiger partial charge in [-0.05, 0) is 48.0 Å². The molecule has 0 aliphatic rings. The van der Waals surface area contributed by atoms with E-state index in [1.54, 1.807) is 42.5 Å².